The first-order chi connectivity index (χ1) is 12.0. The second kappa shape index (κ2) is 7.04. The molecule has 128 valence electrons. The van der Waals surface area contributed by atoms with Crippen molar-refractivity contribution >= 4 is 23.5 Å². The topological polar surface area (TPSA) is 97.4 Å². The van der Waals surface area contributed by atoms with Crippen LogP contribution in [0.1, 0.15) is 46.4 Å². The number of furan rings is 1. The Balaban J connectivity index is 1.63. The summed E-state index contributed by atoms with van der Waals surface area (Å²) in [5.74, 6) is -0.405. The minimum atomic E-state index is -0.511. The lowest BCUT2D eigenvalue weighted by molar-refractivity contribution is 0.0990. The van der Waals surface area contributed by atoms with Crippen molar-refractivity contribution < 1.29 is 18.4 Å². The molecule has 2 aromatic heterocycles. The molecular weight excluding hydrogens is 322 g/mol. The molecule has 0 fully saturated rings. The predicted molar refractivity (Wildman–Crippen MR) is 91.6 cm³/mol. The van der Waals surface area contributed by atoms with Crippen molar-refractivity contribution in [2.75, 3.05) is 10.6 Å². The highest BCUT2D eigenvalue weighted by atomic mass is 16.4. The first-order valence-corrected chi connectivity index (χ1v) is 7.74. The summed E-state index contributed by atoms with van der Waals surface area (Å²) < 4.78 is 10.1. The summed E-state index contributed by atoms with van der Waals surface area (Å²) in [7, 11) is 0. The molecule has 7 heteroatoms. The van der Waals surface area contributed by atoms with Gasteiger partial charge in [0.25, 0.3) is 11.8 Å². The molecule has 7 nitrogen and oxygen atoms in total. The monoisotopic (exact) mass is 339 g/mol. The molecule has 0 aliphatic heterocycles. The van der Waals surface area contributed by atoms with E-state index < -0.39 is 11.8 Å². The van der Waals surface area contributed by atoms with Gasteiger partial charge in [0.2, 0.25) is 0 Å². The summed E-state index contributed by atoms with van der Waals surface area (Å²) >= 11 is 0. The summed E-state index contributed by atoms with van der Waals surface area (Å²) in [4.78, 5) is 28.0. The van der Waals surface area contributed by atoms with Crippen molar-refractivity contribution in [3.8, 4) is 0 Å². The average molecular weight is 339 g/mol. The third-order valence-corrected chi connectivity index (χ3v) is 3.54. The lowest BCUT2D eigenvalue weighted by atomic mass is 10.0. The summed E-state index contributed by atoms with van der Waals surface area (Å²) in [5.41, 5.74) is 1.89. The van der Waals surface area contributed by atoms with Crippen molar-refractivity contribution in [1.82, 2.24) is 4.98 Å². The zero-order valence-electron chi connectivity index (χ0n) is 13.8. The van der Waals surface area contributed by atoms with Crippen LogP contribution in [0, 0.1) is 0 Å². The number of benzene rings is 1. The van der Waals surface area contributed by atoms with Gasteiger partial charge in [0.15, 0.2) is 11.5 Å². The number of hydrogen-bond donors (Lipinski definition) is 2. The molecule has 0 spiro atoms. The highest BCUT2D eigenvalue weighted by Crippen LogP contribution is 2.18. The zero-order valence-corrected chi connectivity index (χ0v) is 13.8. The van der Waals surface area contributed by atoms with Crippen LogP contribution in [0.4, 0.5) is 11.7 Å². The standard InChI is InChI=1S/C18H17N3O4/c1-11(2)12-5-7-13(8-6-12)19-16(22)14-10-25-18(20-14)21-17(23)15-4-3-9-24-15/h3-11H,1-2H3,(H,19,22)(H,20,21,23). The highest BCUT2D eigenvalue weighted by molar-refractivity contribution is 6.04. The van der Waals surface area contributed by atoms with E-state index in [1.54, 1.807) is 6.07 Å². The lowest BCUT2D eigenvalue weighted by Gasteiger charge is -2.07. The summed E-state index contributed by atoms with van der Waals surface area (Å²) in [6, 6.07) is 10.6. The van der Waals surface area contributed by atoms with Gasteiger partial charge in [-0.15, -0.1) is 0 Å². The van der Waals surface area contributed by atoms with Crippen LogP contribution in [0.2, 0.25) is 0 Å². The van der Waals surface area contributed by atoms with E-state index in [1.807, 2.05) is 24.3 Å². The van der Waals surface area contributed by atoms with E-state index >= 15 is 0 Å². The molecule has 2 N–H and O–H groups in total. The Morgan fingerprint density at radius 2 is 1.76 bits per heavy atom. The largest absolute Gasteiger partial charge is 0.459 e. The van der Waals surface area contributed by atoms with Crippen LogP contribution in [0.5, 0.6) is 0 Å². The molecule has 2 heterocycles. The Morgan fingerprint density at radius 3 is 2.40 bits per heavy atom. The van der Waals surface area contributed by atoms with Crippen molar-refractivity contribution in [2.45, 2.75) is 19.8 Å². The van der Waals surface area contributed by atoms with Gasteiger partial charge in [-0.25, -0.2) is 0 Å². The lowest BCUT2D eigenvalue weighted by Crippen LogP contribution is -2.14. The Morgan fingerprint density at radius 1 is 1.00 bits per heavy atom. The van der Waals surface area contributed by atoms with Gasteiger partial charge in [0.05, 0.1) is 6.26 Å². The van der Waals surface area contributed by atoms with Gasteiger partial charge in [0.1, 0.15) is 6.26 Å². The smallest absolute Gasteiger partial charge is 0.302 e. The van der Waals surface area contributed by atoms with Gasteiger partial charge in [-0.2, -0.15) is 4.98 Å². The molecule has 0 aliphatic rings. The van der Waals surface area contributed by atoms with E-state index in [0.29, 0.717) is 11.6 Å². The van der Waals surface area contributed by atoms with E-state index in [4.69, 9.17) is 8.83 Å². The van der Waals surface area contributed by atoms with Crippen molar-refractivity contribution in [3.05, 3.63) is 65.9 Å². The van der Waals surface area contributed by atoms with E-state index in [0.717, 1.165) is 0 Å². The minimum Gasteiger partial charge on any atom is -0.459 e. The van der Waals surface area contributed by atoms with E-state index in [1.165, 1.54) is 24.2 Å². The van der Waals surface area contributed by atoms with Crippen LogP contribution < -0.4 is 10.6 Å². The molecule has 1 aromatic carbocycles. The van der Waals surface area contributed by atoms with Gasteiger partial charge in [0, 0.05) is 5.69 Å². The average Bonchev–Trinajstić information content (AvgIpc) is 3.27. The van der Waals surface area contributed by atoms with Gasteiger partial charge in [-0.05, 0) is 35.7 Å². The number of nitrogens with one attached hydrogen (secondary N) is 2. The molecule has 0 saturated heterocycles. The number of carbonyl (C=O) groups is 2. The van der Waals surface area contributed by atoms with Crippen molar-refractivity contribution in [2.24, 2.45) is 0 Å². The van der Waals surface area contributed by atoms with Crippen LogP contribution in [-0.2, 0) is 0 Å². The maximum atomic E-state index is 12.2. The quantitative estimate of drug-likeness (QED) is 0.735. The molecule has 0 radical (unpaired) electrons. The molecule has 3 rings (SSSR count). The fourth-order valence-corrected chi connectivity index (χ4v) is 2.15. The number of anilines is 2. The number of nitrogens with zero attached hydrogens (tertiary/aromatic N) is 1. The minimum absolute atomic E-state index is 0.0580. The second-order valence-electron chi connectivity index (χ2n) is 5.70. The molecule has 0 bridgehead atoms. The molecule has 25 heavy (non-hydrogen) atoms. The van der Waals surface area contributed by atoms with E-state index in [-0.39, 0.29) is 17.5 Å². The van der Waals surface area contributed by atoms with Gasteiger partial charge in [-0.1, -0.05) is 26.0 Å². The second-order valence-corrected chi connectivity index (χ2v) is 5.70. The number of rotatable bonds is 5. The SMILES string of the molecule is CC(C)c1ccc(NC(=O)c2coc(NC(=O)c3ccco3)n2)cc1. The first-order valence-electron chi connectivity index (χ1n) is 7.74. The number of hydrogen-bond acceptors (Lipinski definition) is 5. The molecule has 0 saturated carbocycles. The van der Waals surface area contributed by atoms with Crippen LogP contribution in [0.15, 0.2) is 57.8 Å². The predicted octanol–water partition coefficient (Wildman–Crippen LogP) is 3.90. The zero-order chi connectivity index (χ0) is 17.8. The molecular formula is C18H17N3O4. The van der Waals surface area contributed by atoms with Crippen LogP contribution in [-0.4, -0.2) is 16.8 Å². The maximum Gasteiger partial charge on any atom is 0.302 e. The third-order valence-electron chi connectivity index (χ3n) is 3.54. The maximum absolute atomic E-state index is 12.2. The van der Waals surface area contributed by atoms with Gasteiger partial charge >= 0.3 is 6.01 Å². The highest BCUT2D eigenvalue weighted by Gasteiger charge is 2.16. The molecule has 3 aromatic rings. The fraction of sp³-hybridized carbons (Fsp3) is 0.167. The Hall–Kier alpha value is -3.35. The Kier molecular flexibility index (Phi) is 4.65. The number of oxazole rings is 1. The number of amides is 2. The van der Waals surface area contributed by atoms with Gasteiger partial charge < -0.3 is 14.2 Å². The molecule has 0 atom stereocenters. The van der Waals surface area contributed by atoms with Gasteiger partial charge in [-0.3, -0.25) is 14.9 Å². The Labute approximate surface area is 144 Å². The van der Waals surface area contributed by atoms with Crippen molar-refractivity contribution in [3.63, 3.8) is 0 Å². The van der Waals surface area contributed by atoms with Crippen LogP contribution >= 0.6 is 0 Å². The molecule has 0 unspecified atom stereocenters. The van der Waals surface area contributed by atoms with Crippen molar-refractivity contribution in [1.29, 1.82) is 0 Å². The Bertz CT molecular complexity index is 864. The normalized spacial score (nSPS) is 10.7. The molecule has 2 amide bonds. The van der Waals surface area contributed by atoms with E-state index in [9.17, 15) is 9.59 Å². The summed E-state index contributed by atoms with van der Waals surface area (Å²) in [6.07, 6.45) is 2.56. The van der Waals surface area contributed by atoms with E-state index in [2.05, 4.69) is 29.5 Å². The fourth-order valence-electron chi connectivity index (χ4n) is 2.15. The number of carbonyl (C=O) groups excluding carboxylic acids is 2. The first kappa shape index (κ1) is 16.5. The molecule has 0 aliphatic carbocycles. The number of aromatic nitrogens is 1. The summed E-state index contributed by atoms with van der Waals surface area (Å²) in [5, 5.41) is 5.14. The van der Waals surface area contributed by atoms with Crippen LogP contribution in [0.3, 0.4) is 0 Å². The summed E-state index contributed by atoms with van der Waals surface area (Å²) in [6.45, 7) is 4.20. The third kappa shape index (κ3) is 3.95. The van der Waals surface area contributed by atoms with Crippen LogP contribution in [0.25, 0.3) is 0 Å².